The molecule has 2 amide bonds. The van der Waals surface area contributed by atoms with E-state index in [0.29, 0.717) is 41.5 Å². The summed E-state index contributed by atoms with van der Waals surface area (Å²) in [5.74, 6) is 0.878. The van der Waals surface area contributed by atoms with E-state index in [0.717, 1.165) is 48.1 Å². The van der Waals surface area contributed by atoms with Crippen LogP contribution in [0.1, 0.15) is 64.8 Å². The molecular weight excluding hydrogens is 482 g/mol. The van der Waals surface area contributed by atoms with E-state index in [2.05, 4.69) is 27.8 Å². The number of nitrogens with zero attached hydrogens (tertiary/aromatic N) is 1. The fraction of sp³-hybridized carbons (Fsp3) is 0.444. The van der Waals surface area contributed by atoms with Gasteiger partial charge in [-0.2, -0.15) is 0 Å². The van der Waals surface area contributed by atoms with E-state index in [-0.39, 0.29) is 24.6 Å². The van der Waals surface area contributed by atoms with Crippen molar-refractivity contribution in [2.24, 2.45) is 0 Å². The van der Waals surface area contributed by atoms with E-state index >= 15 is 0 Å². The molecule has 2 aromatic rings. The molecule has 9 heteroatoms. The summed E-state index contributed by atoms with van der Waals surface area (Å²) >= 11 is 6.43. The molecule has 0 radical (unpaired) electrons. The molecule has 1 aliphatic carbocycles. The van der Waals surface area contributed by atoms with E-state index in [4.69, 9.17) is 26.2 Å². The molecule has 192 valence electrons. The first-order chi connectivity index (χ1) is 17.3. The van der Waals surface area contributed by atoms with Gasteiger partial charge < -0.3 is 25.2 Å². The largest absolute Gasteiger partial charge is 0.490 e. The zero-order valence-corrected chi connectivity index (χ0v) is 21.4. The minimum Gasteiger partial charge on any atom is -0.490 e. The number of hydrogen-bond donors (Lipinski definition) is 3. The van der Waals surface area contributed by atoms with Crippen molar-refractivity contribution in [1.29, 1.82) is 0 Å². The van der Waals surface area contributed by atoms with Gasteiger partial charge in [0.05, 0.1) is 13.2 Å². The third kappa shape index (κ3) is 6.29. The van der Waals surface area contributed by atoms with Gasteiger partial charge in [-0.3, -0.25) is 4.79 Å². The van der Waals surface area contributed by atoms with Crippen molar-refractivity contribution < 1.29 is 24.2 Å². The van der Waals surface area contributed by atoms with Gasteiger partial charge in [0.1, 0.15) is 5.75 Å². The number of nitrogens with one attached hydrogen (secondary N) is 2. The molecule has 0 unspecified atom stereocenters. The number of benzene rings is 1. The van der Waals surface area contributed by atoms with Gasteiger partial charge in [-0.1, -0.05) is 23.8 Å². The molecule has 4 rings (SSSR count). The molecule has 1 aromatic heterocycles. The second-order valence-electron chi connectivity index (χ2n) is 9.28. The number of fused-ring (bicyclic) bond motifs is 2. The van der Waals surface area contributed by atoms with Gasteiger partial charge in [-0.15, -0.1) is 0 Å². The molecule has 3 N–H and O–H groups in total. The molecular formula is C27H32ClN3O5. The predicted molar refractivity (Wildman–Crippen MR) is 137 cm³/mol. The van der Waals surface area contributed by atoms with Crippen LogP contribution in [0.2, 0.25) is 5.02 Å². The minimum atomic E-state index is -1.00. The smallest absolute Gasteiger partial charge is 0.404 e. The molecule has 1 aliphatic heterocycles. The number of aromatic nitrogens is 1. The number of methoxy groups -OCH3 is 1. The summed E-state index contributed by atoms with van der Waals surface area (Å²) in [4.78, 5) is 28.8. The maximum Gasteiger partial charge on any atom is 0.404 e. The number of pyridine rings is 1. The lowest BCUT2D eigenvalue weighted by Crippen LogP contribution is -2.39. The topological polar surface area (TPSA) is 110 Å². The Labute approximate surface area is 216 Å². The van der Waals surface area contributed by atoms with Crippen LogP contribution >= 0.6 is 11.6 Å². The van der Waals surface area contributed by atoms with Crippen molar-refractivity contribution in [3.8, 4) is 11.6 Å². The third-order valence-electron chi connectivity index (χ3n) is 6.71. The number of rotatable bonds is 4. The Morgan fingerprint density at radius 2 is 1.94 bits per heavy atom. The van der Waals surface area contributed by atoms with Crippen LogP contribution in [0.5, 0.6) is 11.6 Å². The number of ether oxygens (including phenoxy) is 2. The van der Waals surface area contributed by atoms with Crippen molar-refractivity contribution in [3.63, 3.8) is 0 Å². The Morgan fingerprint density at radius 3 is 2.67 bits per heavy atom. The standard InChI is InChI=1S/C27H32ClN3O5/c1-16-12-17-6-4-3-5-7-21-22(25(32)29-15-23(17)26(30-16)35-2)13-18(28)14-24(21)36-20-10-8-19(9-11-20)31-27(33)34/h3,5,12-14,19-20,31H,4,6-11,15H2,1-2H3,(H,29,32)(H,33,34)/b5-3-/t19-,20-. The second kappa shape index (κ2) is 11.6. The number of aryl methyl sites for hydroxylation is 2. The summed E-state index contributed by atoms with van der Waals surface area (Å²) in [6, 6.07) is 5.42. The van der Waals surface area contributed by atoms with Crippen molar-refractivity contribution in [2.75, 3.05) is 7.11 Å². The number of carbonyl (C=O) groups excluding carboxylic acids is 1. The van der Waals surface area contributed by atoms with Gasteiger partial charge in [-0.25, -0.2) is 9.78 Å². The summed E-state index contributed by atoms with van der Waals surface area (Å²) in [7, 11) is 1.59. The zero-order valence-electron chi connectivity index (χ0n) is 20.6. The van der Waals surface area contributed by atoms with Crippen LogP contribution in [0.4, 0.5) is 4.79 Å². The van der Waals surface area contributed by atoms with E-state index in [9.17, 15) is 9.59 Å². The highest BCUT2D eigenvalue weighted by atomic mass is 35.5. The fourth-order valence-corrected chi connectivity index (χ4v) is 5.16. The normalized spacial score (nSPS) is 21.0. The molecule has 8 nitrogen and oxygen atoms in total. The average molecular weight is 514 g/mol. The number of carbonyl (C=O) groups is 2. The second-order valence-corrected chi connectivity index (χ2v) is 9.71. The zero-order chi connectivity index (χ0) is 25.7. The third-order valence-corrected chi connectivity index (χ3v) is 6.93. The van der Waals surface area contributed by atoms with Crippen molar-refractivity contribution in [2.45, 2.75) is 70.6 Å². The van der Waals surface area contributed by atoms with E-state index < -0.39 is 6.09 Å². The van der Waals surface area contributed by atoms with Gasteiger partial charge in [0.15, 0.2) is 0 Å². The monoisotopic (exact) mass is 513 g/mol. The van der Waals surface area contributed by atoms with Crippen LogP contribution in [0, 0.1) is 6.92 Å². The quantitative estimate of drug-likeness (QED) is 0.497. The van der Waals surface area contributed by atoms with Crippen molar-refractivity contribution in [1.82, 2.24) is 15.6 Å². The number of carboxylic acid groups (broad SMARTS) is 1. The number of hydrogen-bond acceptors (Lipinski definition) is 5. The highest BCUT2D eigenvalue weighted by Gasteiger charge is 2.26. The lowest BCUT2D eigenvalue weighted by atomic mass is 9.92. The van der Waals surface area contributed by atoms with Crippen LogP contribution in [0.15, 0.2) is 30.4 Å². The van der Waals surface area contributed by atoms with E-state index in [1.54, 1.807) is 19.2 Å². The van der Waals surface area contributed by atoms with Crippen molar-refractivity contribution >= 4 is 23.6 Å². The van der Waals surface area contributed by atoms with Crippen LogP contribution in [0.3, 0.4) is 0 Å². The number of halogens is 1. The SMILES string of the molecule is COc1nc(C)cc2c1CNC(=O)c1cc(Cl)cc(O[C@H]3CC[C@H](NC(=O)O)CC3)c1C/C=C\CC2. The lowest BCUT2D eigenvalue weighted by Gasteiger charge is -2.29. The summed E-state index contributed by atoms with van der Waals surface area (Å²) < 4.78 is 11.9. The Bertz CT molecular complexity index is 1160. The number of allylic oxidation sites excluding steroid dienone is 2. The van der Waals surface area contributed by atoms with E-state index in [1.807, 2.05) is 13.0 Å². The molecule has 1 aromatic carbocycles. The molecule has 2 heterocycles. The highest BCUT2D eigenvalue weighted by Crippen LogP contribution is 2.33. The first-order valence-corrected chi connectivity index (χ1v) is 12.7. The first-order valence-electron chi connectivity index (χ1n) is 12.3. The average Bonchev–Trinajstić information content (AvgIpc) is 2.83. The van der Waals surface area contributed by atoms with Crippen LogP contribution < -0.4 is 20.1 Å². The van der Waals surface area contributed by atoms with Gasteiger partial charge in [0, 0.05) is 40.0 Å². The Balaban J connectivity index is 1.59. The summed E-state index contributed by atoms with van der Waals surface area (Å²) in [6.45, 7) is 2.22. The summed E-state index contributed by atoms with van der Waals surface area (Å²) in [5.41, 5.74) is 4.11. The molecule has 0 spiro atoms. The molecule has 0 atom stereocenters. The van der Waals surface area contributed by atoms with Gasteiger partial charge in [-0.05, 0) is 75.6 Å². The van der Waals surface area contributed by atoms with Crippen LogP contribution in [-0.2, 0) is 19.4 Å². The highest BCUT2D eigenvalue weighted by molar-refractivity contribution is 6.31. The van der Waals surface area contributed by atoms with E-state index in [1.165, 1.54) is 0 Å². The minimum absolute atomic E-state index is 0.0610. The van der Waals surface area contributed by atoms with Crippen LogP contribution in [-0.4, -0.2) is 41.3 Å². The van der Waals surface area contributed by atoms with Crippen molar-refractivity contribution in [3.05, 3.63) is 63.3 Å². The lowest BCUT2D eigenvalue weighted by molar-refractivity contribution is 0.0947. The molecule has 0 bridgehead atoms. The van der Waals surface area contributed by atoms with Crippen LogP contribution in [0.25, 0.3) is 0 Å². The molecule has 0 saturated heterocycles. The fourth-order valence-electron chi connectivity index (χ4n) is 4.95. The summed E-state index contributed by atoms with van der Waals surface area (Å²) in [6.07, 6.45) is 8.15. The molecule has 2 aliphatic rings. The molecule has 1 fully saturated rings. The predicted octanol–water partition coefficient (Wildman–Crippen LogP) is 4.98. The Morgan fingerprint density at radius 1 is 1.17 bits per heavy atom. The summed E-state index contributed by atoms with van der Waals surface area (Å²) in [5, 5.41) is 15.0. The Hall–Kier alpha value is -3.26. The van der Waals surface area contributed by atoms with Gasteiger partial charge >= 0.3 is 6.09 Å². The first kappa shape index (κ1) is 25.8. The maximum absolute atomic E-state index is 13.4. The Kier molecular flexibility index (Phi) is 8.36. The van der Waals surface area contributed by atoms with Gasteiger partial charge in [0.2, 0.25) is 5.88 Å². The molecule has 1 saturated carbocycles. The molecule has 36 heavy (non-hydrogen) atoms. The number of amides is 2. The van der Waals surface area contributed by atoms with Gasteiger partial charge in [0.25, 0.3) is 5.91 Å². The maximum atomic E-state index is 13.4.